The molecule has 1 aromatic heterocycles. The van der Waals surface area contributed by atoms with E-state index in [4.69, 9.17) is 9.84 Å². The molecule has 1 atom stereocenters. The first kappa shape index (κ1) is 21.1. The number of fused-ring (bicyclic) bond motifs is 1. The molecule has 0 radical (unpaired) electrons. The van der Waals surface area contributed by atoms with E-state index < -0.39 is 0 Å². The summed E-state index contributed by atoms with van der Waals surface area (Å²) in [5, 5.41) is 8.39. The van der Waals surface area contributed by atoms with Gasteiger partial charge in [0.05, 0.1) is 12.6 Å². The van der Waals surface area contributed by atoms with Gasteiger partial charge in [0, 0.05) is 37.0 Å². The van der Waals surface area contributed by atoms with E-state index in [1.165, 1.54) is 12.1 Å². The summed E-state index contributed by atoms with van der Waals surface area (Å²) in [4.78, 5) is 15.1. The molecule has 0 saturated carbocycles. The van der Waals surface area contributed by atoms with Gasteiger partial charge >= 0.3 is 0 Å². The summed E-state index contributed by atoms with van der Waals surface area (Å²) in [6.07, 6.45) is 9.51. The molecular formula is C22H36N4O2. The van der Waals surface area contributed by atoms with Crippen molar-refractivity contribution in [3.05, 3.63) is 29.6 Å². The fourth-order valence-corrected chi connectivity index (χ4v) is 4.25. The molecule has 0 bridgehead atoms. The van der Waals surface area contributed by atoms with Crippen LogP contribution in [0.1, 0.15) is 67.7 Å². The van der Waals surface area contributed by atoms with Crippen LogP contribution in [-0.2, 0) is 24.1 Å². The summed E-state index contributed by atoms with van der Waals surface area (Å²) >= 11 is 0. The number of ether oxygens (including phenoxy) is 1. The molecule has 0 aromatic carbocycles. The molecule has 3 rings (SSSR count). The minimum absolute atomic E-state index is 0.116. The molecule has 1 unspecified atom stereocenters. The molecule has 0 spiro atoms. The van der Waals surface area contributed by atoms with E-state index in [2.05, 4.69) is 25.7 Å². The molecule has 1 aromatic rings. The van der Waals surface area contributed by atoms with Crippen LogP contribution in [0.3, 0.4) is 0 Å². The maximum absolute atomic E-state index is 13.1. The van der Waals surface area contributed by atoms with E-state index in [9.17, 15) is 4.79 Å². The van der Waals surface area contributed by atoms with Gasteiger partial charge in [0.15, 0.2) is 5.69 Å². The lowest BCUT2D eigenvalue weighted by Gasteiger charge is -2.27. The molecule has 1 amide bonds. The fraction of sp³-hybridized carbons (Fsp3) is 0.727. The maximum atomic E-state index is 13.1. The Morgan fingerprint density at radius 1 is 1.36 bits per heavy atom. The lowest BCUT2D eigenvalue weighted by atomic mass is 9.91. The van der Waals surface area contributed by atoms with Crippen LogP contribution in [0, 0.1) is 0 Å². The van der Waals surface area contributed by atoms with Crippen molar-refractivity contribution in [1.82, 2.24) is 20.0 Å². The Balaban J connectivity index is 1.66. The van der Waals surface area contributed by atoms with Gasteiger partial charge in [-0.05, 0) is 65.3 Å². The highest BCUT2D eigenvalue weighted by Gasteiger charge is 2.31. The zero-order chi connectivity index (χ0) is 19.9. The van der Waals surface area contributed by atoms with Crippen molar-refractivity contribution in [2.24, 2.45) is 0 Å². The van der Waals surface area contributed by atoms with Crippen LogP contribution >= 0.6 is 0 Å². The van der Waals surface area contributed by atoms with Gasteiger partial charge in [-0.15, -0.1) is 6.58 Å². The van der Waals surface area contributed by atoms with Crippen molar-refractivity contribution < 1.29 is 9.53 Å². The van der Waals surface area contributed by atoms with Gasteiger partial charge < -0.3 is 15.0 Å². The van der Waals surface area contributed by atoms with Gasteiger partial charge in [-0.25, -0.2) is 0 Å². The molecule has 2 heterocycles. The summed E-state index contributed by atoms with van der Waals surface area (Å²) in [6, 6.07) is 0.404. The number of carbonyl (C=O) groups excluding carboxylic acids is 1. The predicted molar refractivity (Wildman–Crippen MR) is 112 cm³/mol. The Bertz CT molecular complexity index is 662. The second-order valence-corrected chi connectivity index (χ2v) is 8.26. The van der Waals surface area contributed by atoms with Gasteiger partial charge in [-0.1, -0.05) is 6.08 Å². The van der Waals surface area contributed by atoms with Crippen molar-refractivity contribution in [1.29, 1.82) is 0 Å². The van der Waals surface area contributed by atoms with Crippen molar-refractivity contribution in [3.63, 3.8) is 0 Å². The van der Waals surface area contributed by atoms with Gasteiger partial charge in [0.2, 0.25) is 0 Å². The number of hydrogen-bond acceptors (Lipinski definition) is 4. The maximum Gasteiger partial charge on any atom is 0.274 e. The first-order valence-electron chi connectivity index (χ1n) is 10.9. The second-order valence-electron chi connectivity index (χ2n) is 8.26. The zero-order valence-corrected chi connectivity index (χ0v) is 17.6. The van der Waals surface area contributed by atoms with E-state index in [0.717, 1.165) is 70.3 Å². The van der Waals surface area contributed by atoms with Gasteiger partial charge in [0.25, 0.3) is 5.91 Å². The van der Waals surface area contributed by atoms with Crippen LogP contribution < -0.4 is 5.32 Å². The summed E-state index contributed by atoms with van der Waals surface area (Å²) in [5.74, 6) is 0.116. The summed E-state index contributed by atoms with van der Waals surface area (Å²) in [6.45, 7) is 12.1. The van der Waals surface area contributed by atoms with E-state index in [1.54, 1.807) is 0 Å². The van der Waals surface area contributed by atoms with Crippen LogP contribution in [0.5, 0.6) is 0 Å². The van der Waals surface area contributed by atoms with E-state index in [0.29, 0.717) is 18.3 Å². The summed E-state index contributed by atoms with van der Waals surface area (Å²) in [7, 11) is 0. The monoisotopic (exact) mass is 388 g/mol. The number of rotatable bonds is 9. The molecule has 2 aliphatic rings. The fourth-order valence-electron chi connectivity index (χ4n) is 4.25. The van der Waals surface area contributed by atoms with Crippen LogP contribution in [-0.4, -0.2) is 59.0 Å². The Hall–Kier alpha value is -1.66. The molecule has 1 saturated heterocycles. The minimum Gasteiger partial charge on any atom is -0.379 e. The minimum atomic E-state index is 0.116. The summed E-state index contributed by atoms with van der Waals surface area (Å²) in [5.41, 5.74) is 3.05. The second kappa shape index (κ2) is 10.2. The van der Waals surface area contributed by atoms with Gasteiger partial charge in [0.1, 0.15) is 0 Å². The highest BCUT2D eigenvalue weighted by atomic mass is 16.5. The SMILES string of the molecule is C=CCn1nc(C(=O)N2CCCCC2)c2c1CCC(NCCCOC(C)C)C2. The Morgan fingerprint density at radius 2 is 2.14 bits per heavy atom. The Labute approximate surface area is 169 Å². The van der Waals surface area contributed by atoms with E-state index in [1.807, 2.05) is 15.7 Å². The van der Waals surface area contributed by atoms with E-state index >= 15 is 0 Å². The van der Waals surface area contributed by atoms with Crippen LogP contribution in [0.2, 0.25) is 0 Å². The number of nitrogens with one attached hydrogen (secondary N) is 1. The van der Waals surface area contributed by atoms with Crippen molar-refractivity contribution >= 4 is 5.91 Å². The molecule has 28 heavy (non-hydrogen) atoms. The number of nitrogens with zero attached hydrogens (tertiary/aromatic N) is 3. The standard InChI is InChI=1S/C22H36N4O2/c1-4-12-26-20-10-9-18(23-11-8-15-28-17(2)3)16-19(20)21(24-26)22(27)25-13-6-5-7-14-25/h4,17-18,23H,1,5-16H2,2-3H3. The predicted octanol–water partition coefficient (Wildman–Crippen LogP) is 2.96. The molecule has 6 nitrogen and oxygen atoms in total. The number of amides is 1. The van der Waals surface area contributed by atoms with Crippen molar-refractivity contribution in [3.8, 4) is 0 Å². The zero-order valence-electron chi connectivity index (χ0n) is 17.6. The molecule has 156 valence electrons. The molecule has 1 aliphatic heterocycles. The Morgan fingerprint density at radius 3 is 2.86 bits per heavy atom. The van der Waals surface area contributed by atoms with Gasteiger partial charge in [-0.3, -0.25) is 9.48 Å². The number of likely N-dealkylation sites (tertiary alicyclic amines) is 1. The van der Waals surface area contributed by atoms with Crippen LogP contribution in [0.4, 0.5) is 0 Å². The Kier molecular flexibility index (Phi) is 7.68. The third kappa shape index (κ3) is 5.23. The molecular weight excluding hydrogens is 352 g/mol. The quantitative estimate of drug-likeness (QED) is 0.522. The molecule has 1 fully saturated rings. The lowest BCUT2D eigenvalue weighted by Crippen LogP contribution is -2.38. The highest BCUT2D eigenvalue weighted by Crippen LogP contribution is 2.27. The smallest absolute Gasteiger partial charge is 0.274 e. The third-order valence-corrected chi connectivity index (χ3v) is 5.70. The molecule has 1 N–H and O–H groups in total. The normalized spacial score (nSPS) is 19.7. The van der Waals surface area contributed by atoms with Crippen molar-refractivity contribution in [2.45, 2.75) is 77.5 Å². The number of hydrogen-bond donors (Lipinski definition) is 1. The van der Waals surface area contributed by atoms with E-state index in [-0.39, 0.29) is 12.0 Å². The number of aromatic nitrogens is 2. The number of piperidine rings is 1. The first-order chi connectivity index (χ1) is 13.6. The average Bonchev–Trinajstić information content (AvgIpc) is 3.06. The lowest BCUT2D eigenvalue weighted by molar-refractivity contribution is 0.0716. The average molecular weight is 389 g/mol. The first-order valence-corrected chi connectivity index (χ1v) is 10.9. The van der Waals surface area contributed by atoms with Gasteiger partial charge in [-0.2, -0.15) is 5.10 Å². The van der Waals surface area contributed by atoms with Crippen LogP contribution in [0.15, 0.2) is 12.7 Å². The molecule has 6 heteroatoms. The number of carbonyl (C=O) groups is 1. The van der Waals surface area contributed by atoms with Crippen molar-refractivity contribution in [2.75, 3.05) is 26.2 Å². The largest absolute Gasteiger partial charge is 0.379 e. The molecule has 1 aliphatic carbocycles. The highest BCUT2D eigenvalue weighted by molar-refractivity contribution is 5.94. The third-order valence-electron chi connectivity index (χ3n) is 5.70. The topological polar surface area (TPSA) is 59.4 Å². The number of allylic oxidation sites excluding steroid dienone is 1. The van der Waals surface area contributed by atoms with Crippen LogP contribution in [0.25, 0.3) is 0 Å². The summed E-state index contributed by atoms with van der Waals surface area (Å²) < 4.78 is 7.61.